The average molecular weight is 355 g/mol. The Morgan fingerprint density at radius 1 is 1.35 bits per heavy atom. The fourth-order valence-electron chi connectivity index (χ4n) is 3.34. The SMILES string of the molecule is CN=C(NCCCn1cc(C)cn1)N1CCOC(c2ccccc2C)C1. The van der Waals surface area contributed by atoms with Crippen LogP contribution in [0.3, 0.4) is 0 Å². The summed E-state index contributed by atoms with van der Waals surface area (Å²) in [4.78, 5) is 6.75. The topological polar surface area (TPSA) is 54.7 Å². The standard InChI is InChI=1S/C20H29N5O/c1-16-13-23-25(14-16)10-6-9-22-20(21-3)24-11-12-26-19(15-24)18-8-5-4-7-17(18)2/h4-5,7-8,13-14,19H,6,9-12,15H2,1-3H3,(H,21,22). The van der Waals surface area contributed by atoms with Crippen LogP contribution in [0.25, 0.3) is 0 Å². The minimum atomic E-state index is 0.0931. The maximum absolute atomic E-state index is 6.02. The molecule has 1 aliphatic rings. The average Bonchev–Trinajstić information content (AvgIpc) is 3.07. The molecule has 1 fully saturated rings. The van der Waals surface area contributed by atoms with E-state index < -0.39 is 0 Å². The zero-order valence-electron chi connectivity index (χ0n) is 16.0. The first kappa shape index (κ1) is 18.5. The fourth-order valence-corrected chi connectivity index (χ4v) is 3.34. The predicted molar refractivity (Wildman–Crippen MR) is 104 cm³/mol. The van der Waals surface area contributed by atoms with Gasteiger partial charge < -0.3 is 15.0 Å². The number of morpholine rings is 1. The Morgan fingerprint density at radius 3 is 2.92 bits per heavy atom. The van der Waals surface area contributed by atoms with Gasteiger partial charge in [0.25, 0.3) is 0 Å². The van der Waals surface area contributed by atoms with E-state index in [-0.39, 0.29) is 6.10 Å². The number of aryl methyl sites for hydroxylation is 3. The molecule has 1 saturated heterocycles. The van der Waals surface area contributed by atoms with Crippen molar-refractivity contribution in [2.75, 3.05) is 33.3 Å². The number of guanidine groups is 1. The first-order valence-electron chi connectivity index (χ1n) is 9.29. The van der Waals surface area contributed by atoms with Gasteiger partial charge in [0.05, 0.1) is 19.3 Å². The smallest absolute Gasteiger partial charge is 0.193 e. The van der Waals surface area contributed by atoms with Gasteiger partial charge in [-0.2, -0.15) is 5.10 Å². The fraction of sp³-hybridized carbons (Fsp3) is 0.500. The van der Waals surface area contributed by atoms with Crippen molar-refractivity contribution in [3.05, 3.63) is 53.3 Å². The molecule has 6 nitrogen and oxygen atoms in total. The van der Waals surface area contributed by atoms with Crippen molar-refractivity contribution in [1.29, 1.82) is 0 Å². The Kier molecular flexibility index (Phi) is 6.28. The van der Waals surface area contributed by atoms with Crippen LogP contribution in [-0.2, 0) is 11.3 Å². The second kappa shape index (κ2) is 8.85. The van der Waals surface area contributed by atoms with Gasteiger partial charge in [0, 0.05) is 32.9 Å². The zero-order chi connectivity index (χ0) is 18.4. The number of benzene rings is 1. The van der Waals surface area contributed by atoms with Crippen molar-refractivity contribution in [1.82, 2.24) is 20.0 Å². The molecule has 0 aliphatic carbocycles. The molecule has 0 spiro atoms. The van der Waals surface area contributed by atoms with Crippen molar-refractivity contribution >= 4 is 5.96 Å². The number of ether oxygens (including phenoxy) is 1. The van der Waals surface area contributed by atoms with Crippen LogP contribution in [-0.4, -0.2) is 53.9 Å². The summed E-state index contributed by atoms with van der Waals surface area (Å²) < 4.78 is 8.01. The summed E-state index contributed by atoms with van der Waals surface area (Å²) in [6.07, 6.45) is 5.07. The van der Waals surface area contributed by atoms with Gasteiger partial charge in [-0.3, -0.25) is 9.67 Å². The molecule has 0 bridgehead atoms. The zero-order valence-corrected chi connectivity index (χ0v) is 16.0. The molecule has 1 unspecified atom stereocenters. The van der Waals surface area contributed by atoms with Gasteiger partial charge in [-0.05, 0) is 37.0 Å². The molecule has 3 rings (SSSR count). The third-order valence-electron chi connectivity index (χ3n) is 4.72. The molecule has 2 aromatic rings. The summed E-state index contributed by atoms with van der Waals surface area (Å²) in [7, 11) is 1.84. The molecular formula is C20H29N5O. The molecule has 140 valence electrons. The number of nitrogens with one attached hydrogen (secondary N) is 1. The highest BCUT2D eigenvalue weighted by molar-refractivity contribution is 5.80. The van der Waals surface area contributed by atoms with Crippen molar-refractivity contribution in [3.63, 3.8) is 0 Å². The first-order valence-corrected chi connectivity index (χ1v) is 9.29. The van der Waals surface area contributed by atoms with Crippen LogP contribution in [0.4, 0.5) is 0 Å². The van der Waals surface area contributed by atoms with Crippen LogP contribution in [0.2, 0.25) is 0 Å². The normalized spacial score (nSPS) is 18.2. The third kappa shape index (κ3) is 4.64. The molecule has 1 aromatic carbocycles. The highest BCUT2D eigenvalue weighted by Gasteiger charge is 2.24. The lowest BCUT2D eigenvalue weighted by Gasteiger charge is -2.35. The molecule has 1 aromatic heterocycles. The van der Waals surface area contributed by atoms with E-state index in [0.29, 0.717) is 6.61 Å². The number of aliphatic imine (C=N–C) groups is 1. The Balaban J connectivity index is 1.52. The molecule has 1 atom stereocenters. The lowest BCUT2D eigenvalue weighted by Crippen LogP contribution is -2.48. The van der Waals surface area contributed by atoms with E-state index in [1.54, 1.807) is 0 Å². The lowest BCUT2D eigenvalue weighted by molar-refractivity contribution is -0.00831. The molecule has 0 amide bonds. The van der Waals surface area contributed by atoms with Gasteiger partial charge in [0.15, 0.2) is 5.96 Å². The van der Waals surface area contributed by atoms with Gasteiger partial charge in [-0.1, -0.05) is 24.3 Å². The summed E-state index contributed by atoms with van der Waals surface area (Å²) >= 11 is 0. The van der Waals surface area contributed by atoms with E-state index in [4.69, 9.17) is 4.74 Å². The largest absolute Gasteiger partial charge is 0.370 e. The molecule has 6 heteroatoms. The van der Waals surface area contributed by atoms with Crippen molar-refractivity contribution < 1.29 is 4.74 Å². The maximum Gasteiger partial charge on any atom is 0.193 e. The van der Waals surface area contributed by atoms with E-state index in [1.807, 2.05) is 17.9 Å². The molecule has 1 N–H and O–H groups in total. The highest BCUT2D eigenvalue weighted by Crippen LogP contribution is 2.24. The van der Waals surface area contributed by atoms with Crippen LogP contribution in [0.15, 0.2) is 41.7 Å². The summed E-state index contributed by atoms with van der Waals surface area (Å²) in [5, 5.41) is 7.81. The number of aromatic nitrogens is 2. The lowest BCUT2D eigenvalue weighted by atomic mass is 10.0. The van der Waals surface area contributed by atoms with Gasteiger partial charge in [0.1, 0.15) is 6.10 Å². The minimum absolute atomic E-state index is 0.0931. The Hall–Kier alpha value is -2.34. The van der Waals surface area contributed by atoms with Crippen molar-refractivity contribution in [2.24, 2.45) is 4.99 Å². The van der Waals surface area contributed by atoms with Gasteiger partial charge >= 0.3 is 0 Å². The Bertz CT molecular complexity index is 739. The van der Waals surface area contributed by atoms with Gasteiger partial charge in [-0.15, -0.1) is 0 Å². The highest BCUT2D eigenvalue weighted by atomic mass is 16.5. The molecule has 2 heterocycles. The molecule has 26 heavy (non-hydrogen) atoms. The number of hydrogen-bond acceptors (Lipinski definition) is 3. The van der Waals surface area contributed by atoms with E-state index >= 15 is 0 Å². The number of nitrogens with zero attached hydrogens (tertiary/aromatic N) is 4. The van der Waals surface area contributed by atoms with E-state index in [1.165, 1.54) is 16.7 Å². The third-order valence-corrected chi connectivity index (χ3v) is 4.72. The summed E-state index contributed by atoms with van der Waals surface area (Å²) in [6, 6.07) is 8.45. The summed E-state index contributed by atoms with van der Waals surface area (Å²) in [5.41, 5.74) is 3.74. The van der Waals surface area contributed by atoms with E-state index in [9.17, 15) is 0 Å². The van der Waals surface area contributed by atoms with Crippen molar-refractivity contribution in [3.8, 4) is 0 Å². The van der Waals surface area contributed by atoms with Gasteiger partial charge in [-0.25, -0.2) is 0 Å². The van der Waals surface area contributed by atoms with Crippen LogP contribution in [0, 0.1) is 13.8 Å². The number of rotatable bonds is 5. The Labute approximate surface area is 155 Å². The number of hydrogen-bond donors (Lipinski definition) is 1. The van der Waals surface area contributed by atoms with Crippen LogP contribution in [0.1, 0.15) is 29.2 Å². The Morgan fingerprint density at radius 2 is 2.19 bits per heavy atom. The molecule has 1 aliphatic heterocycles. The molecule has 0 saturated carbocycles. The van der Waals surface area contributed by atoms with E-state index in [0.717, 1.165) is 38.6 Å². The predicted octanol–water partition coefficient (Wildman–Crippen LogP) is 2.54. The maximum atomic E-state index is 6.02. The quantitative estimate of drug-likeness (QED) is 0.509. The first-order chi connectivity index (χ1) is 12.7. The molecular weight excluding hydrogens is 326 g/mol. The minimum Gasteiger partial charge on any atom is -0.370 e. The van der Waals surface area contributed by atoms with Crippen LogP contribution in [0.5, 0.6) is 0 Å². The van der Waals surface area contributed by atoms with Crippen molar-refractivity contribution in [2.45, 2.75) is 32.9 Å². The monoisotopic (exact) mass is 355 g/mol. The molecule has 0 radical (unpaired) electrons. The second-order valence-corrected chi connectivity index (χ2v) is 6.77. The van der Waals surface area contributed by atoms with Crippen LogP contribution < -0.4 is 5.32 Å². The van der Waals surface area contributed by atoms with Crippen LogP contribution >= 0.6 is 0 Å². The second-order valence-electron chi connectivity index (χ2n) is 6.77. The van der Waals surface area contributed by atoms with Gasteiger partial charge in [0.2, 0.25) is 0 Å². The summed E-state index contributed by atoms with van der Waals surface area (Å²) in [5.74, 6) is 0.948. The van der Waals surface area contributed by atoms with E-state index in [2.05, 4.69) is 64.6 Å². The summed E-state index contributed by atoms with van der Waals surface area (Å²) in [6.45, 7) is 8.38.